The van der Waals surface area contributed by atoms with Crippen LogP contribution in [0.1, 0.15) is 38.1 Å². The molecule has 1 heterocycles. The zero-order chi connectivity index (χ0) is 13.5. The Morgan fingerprint density at radius 1 is 1.42 bits per heavy atom. The highest BCUT2D eigenvalue weighted by atomic mass is 16.5. The molecule has 0 bridgehead atoms. The van der Waals surface area contributed by atoms with Crippen molar-refractivity contribution in [3.8, 4) is 0 Å². The summed E-state index contributed by atoms with van der Waals surface area (Å²) < 4.78 is 11.0. The second-order valence-electron chi connectivity index (χ2n) is 5.26. The van der Waals surface area contributed by atoms with E-state index in [0.29, 0.717) is 18.4 Å². The Morgan fingerprint density at radius 3 is 3.05 bits per heavy atom. The van der Waals surface area contributed by atoms with Crippen LogP contribution < -0.4 is 5.32 Å². The maximum atomic E-state index is 5.76. The van der Waals surface area contributed by atoms with E-state index in [0.717, 1.165) is 37.6 Å². The van der Waals surface area contributed by atoms with Crippen LogP contribution in [0, 0.1) is 11.8 Å². The summed E-state index contributed by atoms with van der Waals surface area (Å²) >= 11 is 0. The second kappa shape index (κ2) is 7.46. The zero-order valence-electron chi connectivity index (χ0n) is 11.9. The van der Waals surface area contributed by atoms with Crippen molar-refractivity contribution >= 4 is 0 Å². The molecule has 1 aliphatic carbocycles. The molecule has 106 valence electrons. The van der Waals surface area contributed by atoms with E-state index in [1.165, 1.54) is 6.42 Å². The molecule has 0 saturated carbocycles. The Balaban J connectivity index is 1.70. The number of ether oxygens (including phenoxy) is 1. The highest BCUT2D eigenvalue weighted by molar-refractivity contribution is 5.04. The lowest BCUT2D eigenvalue weighted by molar-refractivity contribution is 0.0554. The molecule has 1 aromatic heterocycles. The average Bonchev–Trinajstić information content (AvgIpc) is 2.86. The lowest BCUT2D eigenvalue weighted by Crippen LogP contribution is -2.19. The van der Waals surface area contributed by atoms with E-state index in [1.807, 2.05) is 6.07 Å². The standard InChI is InChI=1S/C15H24N2O2/c1-3-16-9-14-8-15(19-17-14)11-18-10-13-7-5-4-6-12(13)2/h4-5,8,12-13,16H,3,6-7,9-11H2,1-2H3. The third-order valence-corrected chi connectivity index (χ3v) is 3.66. The quantitative estimate of drug-likeness (QED) is 0.769. The fourth-order valence-corrected chi connectivity index (χ4v) is 2.31. The molecule has 0 fully saturated rings. The normalized spacial score (nSPS) is 22.8. The van der Waals surface area contributed by atoms with E-state index in [4.69, 9.17) is 9.26 Å². The van der Waals surface area contributed by atoms with Crippen LogP contribution in [0.2, 0.25) is 0 Å². The van der Waals surface area contributed by atoms with Gasteiger partial charge in [-0.15, -0.1) is 0 Å². The molecule has 19 heavy (non-hydrogen) atoms. The lowest BCUT2D eigenvalue weighted by Gasteiger charge is -2.24. The fourth-order valence-electron chi connectivity index (χ4n) is 2.31. The van der Waals surface area contributed by atoms with Gasteiger partial charge in [0.1, 0.15) is 6.61 Å². The van der Waals surface area contributed by atoms with Gasteiger partial charge in [-0.05, 0) is 31.2 Å². The van der Waals surface area contributed by atoms with Crippen molar-refractivity contribution in [3.63, 3.8) is 0 Å². The molecule has 4 nitrogen and oxygen atoms in total. The van der Waals surface area contributed by atoms with Gasteiger partial charge in [-0.3, -0.25) is 0 Å². The molecule has 0 aromatic carbocycles. The van der Waals surface area contributed by atoms with E-state index < -0.39 is 0 Å². The highest BCUT2D eigenvalue weighted by Gasteiger charge is 2.18. The Labute approximate surface area is 115 Å². The molecule has 1 N–H and O–H groups in total. The van der Waals surface area contributed by atoms with Crippen molar-refractivity contribution in [1.82, 2.24) is 10.5 Å². The number of rotatable bonds is 7. The van der Waals surface area contributed by atoms with Crippen LogP contribution in [0.25, 0.3) is 0 Å². The first-order valence-electron chi connectivity index (χ1n) is 7.17. The van der Waals surface area contributed by atoms with Crippen LogP contribution in [0.4, 0.5) is 0 Å². The van der Waals surface area contributed by atoms with E-state index in [1.54, 1.807) is 0 Å². The monoisotopic (exact) mass is 264 g/mol. The molecule has 4 heteroatoms. The van der Waals surface area contributed by atoms with Crippen molar-refractivity contribution < 1.29 is 9.26 Å². The molecule has 1 aromatic rings. The van der Waals surface area contributed by atoms with Crippen LogP contribution in [0.3, 0.4) is 0 Å². The van der Waals surface area contributed by atoms with Crippen molar-refractivity contribution in [3.05, 3.63) is 29.7 Å². The number of hydrogen-bond donors (Lipinski definition) is 1. The van der Waals surface area contributed by atoms with Crippen LogP contribution in [-0.2, 0) is 17.9 Å². The minimum atomic E-state index is 0.520. The summed E-state index contributed by atoms with van der Waals surface area (Å²) in [4.78, 5) is 0. The zero-order valence-corrected chi connectivity index (χ0v) is 11.9. The topological polar surface area (TPSA) is 47.3 Å². The van der Waals surface area contributed by atoms with E-state index in [-0.39, 0.29) is 0 Å². The van der Waals surface area contributed by atoms with Gasteiger partial charge in [-0.1, -0.05) is 31.2 Å². The van der Waals surface area contributed by atoms with Gasteiger partial charge in [-0.25, -0.2) is 0 Å². The van der Waals surface area contributed by atoms with Gasteiger partial charge in [0.2, 0.25) is 0 Å². The summed E-state index contributed by atoms with van der Waals surface area (Å²) in [5.41, 5.74) is 0.939. The van der Waals surface area contributed by atoms with Gasteiger partial charge in [0.15, 0.2) is 5.76 Å². The van der Waals surface area contributed by atoms with Gasteiger partial charge in [0.05, 0.1) is 12.3 Å². The summed E-state index contributed by atoms with van der Waals surface area (Å²) in [6.07, 6.45) is 6.83. The molecule has 0 radical (unpaired) electrons. The third kappa shape index (κ3) is 4.48. The van der Waals surface area contributed by atoms with Crippen LogP contribution in [-0.4, -0.2) is 18.3 Å². The van der Waals surface area contributed by atoms with Crippen molar-refractivity contribution in [2.75, 3.05) is 13.2 Å². The first kappa shape index (κ1) is 14.3. The highest BCUT2D eigenvalue weighted by Crippen LogP contribution is 2.25. The fraction of sp³-hybridized carbons (Fsp3) is 0.667. The van der Waals surface area contributed by atoms with Crippen molar-refractivity contribution in [2.45, 2.75) is 39.8 Å². The molecule has 0 spiro atoms. The maximum Gasteiger partial charge on any atom is 0.162 e. The molecule has 0 aliphatic heterocycles. The van der Waals surface area contributed by atoms with Gasteiger partial charge in [0, 0.05) is 12.6 Å². The van der Waals surface area contributed by atoms with Gasteiger partial charge in [0.25, 0.3) is 0 Å². The van der Waals surface area contributed by atoms with Crippen LogP contribution in [0.15, 0.2) is 22.7 Å². The largest absolute Gasteiger partial charge is 0.373 e. The number of hydrogen-bond acceptors (Lipinski definition) is 4. The Bertz CT molecular complexity index is 401. The average molecular weight is 264 g/mol. The van der Waals surface area contributed by atoms with Gasteiger partial charge in [-0.2, -0.15) is 0 Å². The molecule has 1 aliphatic rings. The molecular weight excluding hydrogens is 240 g/mol. The number of aromatic nitrogens is 1. The van der Waals surface area contributed by atoms with Gasteiger partial charge < -0.3 is 14.6 Å². The summed E-state index contributed by atoms with van der Waals surface area (Å²) in [7, 11) is 0. The van der Waals surface area contributed by atoms with Crippen LogP contribution >= 0.6 is 0 Å². The van der Waals surface area contributed by atoms with Crippen molar-refractivity contribution in [2.24, 2.45) is 11.8 Å². The molecule has 2 rings (SSSR count). The molecule has 2 atom stereocenters. The number of nitrogens with zero attached hydrogens (tertiary/aromatic N) is 1. The minimum absolute atomic E-state index is 0.520. The maximum absolute atomic E-state index is 5.76. The molecular formula is C15H24N2O2. The summed E-state index contributed by atoms with van der Waals surface area (Å²) in [5, 5.41) is 7.23. The van der Waals surface area contributed by atoms with E-state index >= 15 is 0 Å². The number of allylic oxidation sites excluding steroid dienone is 2. The molecule has 0 amide bonds. The smallest absolute Gasteiger partial charge is 0.162 e. The minimum Gasteiger partial charge on any atom is -0.373 e. The van der Waals surface area contributed by atoms with E-state index in [2.05, 4.69) is 36.5 Å². The molecule has 0 saturated heterocycles. The summed E-state index contributed by atoms with van der Waals surface area (Å²) in [6, 6.07) is 1.97. The Kier molecular flexibility index (Phi) is 5.61. The molecule has 2 unspecified atom stereocenters. The predicted octanol–water partition coefficient (Wildman–Crippen LogP) is 2.90. The second-order valence-corrected chi connectivity index (χ2v) is 5.26. The first-order valence-corrected chi connectivity index (χ1v) is 7.17. The third-order valence-electron chi connectivity index (χ3n) is 3.66. The van der Waals surface area contributed by atoms with Crippen molar-refractivity contribution in [1.29, 1.82) is 0 Å². The summed E-state index contributed by atoms with van der Waals surface area (Å²) in [5.74, 6) is 2.16. The number of nitrogens with one attached hydrogen (secondary N) is 1. The van der Waals surface area contributed by atoms with Gasteiger partial charge >= 0.3 is 0 Å². The lowest BCUT2D eigenvalue weighted by atomic mass is 9.85. The SMILES string of the molecule is CCNCc1cc(COCC2CC=CCC2C)on1. The van der Waals surface area contributed by atoms with E-state index in [9.17, 15) is 0 Å². The van der Waals surface area contributed by atoms with Crippen LogP contribution in [0.5, 0.6) is 0 Å². The Morgan fingerprint density at radius 2 is 2.26 bits per heavy atom. The Hall–Kier alpha value is -1.13. The summed E-state index contributed by atoms with van der Waals surface area (Å²) in [6.45, 7) is 7.38. The predicted molar refractivity (Wildman–Crippen MR) is 74.6 cm³/mol. The first-order chi connectivity index (χ1) is 9.29.